The minimum atomic E-state index is -0.823. The Balaban J connectivity index is 0. The molecule has 0 aromatic carbocycles. The number of unbranched alkanes of at least 4 members (excludes halogenated alkanes) is 16. The van der Waals surface area contributed by atoms with Gasteiger partial charge in [0.2, 0.25) is 0 Å². The Hall–Kier alpha value is -0.130. The van der Waals surface area contributed by atoms with Crippen molar-refractivity contribution >= 4 is 55.6 Å². The quantitative estimate of drug-likeness (QED) is 0.0856. The van der Waals surface area contributed by atoms with Crippen LogP contribution >= 0.6 is 0 Å². The van der Waals surface area contributed by atoms with E-state index >= 15 is 0 Å². The van der Waals surface area contributed by atoms with Crippen molar-refractivity contribution in [2.75, 3.05) is 0 Å². The maximum atomic E-state index is 11.6. The molecule has 0 radical (unpaired) electrons. The zero-order valence-electron chi connectivity index (χ0n) is 19.4. The zero-order chi connectivity index (χ0) is 22.3. The van der Waals surface area contributed by atoms with Crippen LogP contribution in [0.15, 0.2) is 0 Å². The Morgan fingerprint density at radius 3 is 1.16 bits per heavy atom. The molecule has 0 aromatic heterocycles. The molecular formula is C25H48CaO5. The second-order valence-corrected chi connectivity index (χ2v) is 8.50. The van der Waals surface area contributed by atoms with Crippen molar-refractivity contribution in [3.63, 3.8) is 0 Å². The first kappa shape index (κ1) is 33.0. The Labute approximate surface area is 220 Å². The van der Waals surface area contributed by atoms with Crippen LogP contribution in [0.2, 0.25) is 0 Å². The van der Waals surface area contributed by atoms with Crippen molar-refractivity contribution in [2.24, 2.45) is 0 Å². The van der Waals surface area contributed by atoms with Crippen LogP contribution < -0.4 is 0 Å². The van der Waals surface area contributed by atoms with Crippen molar-refractivity contribution in [3.8, 4) is 0 Å². The van der Waals surface area contributed by atoms with Crippen molar-refractivity contribution in [3.05, 3.63) is 0 Å². The van der Waals surface area contributed by atoms with Gasteiger partial charge in [-0.3, -0.25) is 14.4 Å². The number of carboxylic acid groups (broad SMARTS) is 1. The van der Waals surface area contributed by atoms with E-state index in [9.17, 15) is 14.4 Å². The number of carboxylic acids is 1. The fraction of sp³-hybridized carbons (Fsp3) is 0.880. The molecule has 0 unspecified atom stereocenters. The van der Waals surface area contributed by atoms with Gasteiger partial charge in [0.1, 0.15) is 0 Å². The fourth-order valence-electron chi connectivity index (χ4n) is 3.59. The number of esters is 2. The first-order valence-electron chi connectivity index (χ1n) is 12.5. The molecule has 0 bridgehead atoms. The Bertz CT molecular complexity index is 440. The molecule has 0 atom stereocenters. The summed E-state index contributed by atoms with van der Waals surface area (Å²) in [4.78, 5) is 33.6. The molecule has 6 heteroatoms. The molecule has 0 spiro atoms. The molecule has 31 heavy (non-hydrogen) atoms. The standard InChI is InChI=1S/C25H46O5.Ca.2H/c1-2-3-4-5-6-7-8-9-10-11-12-13-14-15-18-21-24(28)30-25(29)22-19-16-17-20-23(26)27;;;/h2-22H2,1H3,(H,26,27);;;. The molecule has 1 N–H and O–H groups in total. The number of carbonyl (C=O) groups is 3. The van der Waals surface area contributed by atoms with Crippen LogP contribution in [0, 0.1) is 0 Å². The molecule has 0 aromatic rings. The summed E-state index contributed by atoms with van der Waals surface area (Å²) in [5.74, 6) is -1.74. The molecule has 0 aliphatic rings. The van der Waals surface area contributed by atoms with Crippen LogP contribution in [0.4, 0.5) is 0 Å². The van der Waals surface area contributed by atoms with Crippen molar-refractivity contribution in [2.45, 2.75) is 142 Å². The molecule has 0 aliphatic carbocycles. The average Bonchev–Trinajstić information content (AvgIpc) is 2.70. The van der Waals surface area contributed by atoms with E-state index in [2.05, 4.69) is 6.92 Å². The van der Waals surface area contributed by atoms with Crippen LogP contribution in [0.1, 0.15) is 142 Å². The van der Waals surface area contributed by atoms with Crippen LogP contribution in [-0.2, 0) is 19.1 Å². The van der Waals surface area contributed by atoms with E-state index in [-0.39, 0.29) is 50.6 Å². The fourth-order valence-corrected chi connectivity index (χ4v) is 3.59. The van der Waals surface area contributed by atoms with E-state index in [1.165, 1.54) is 77.0 Å². The van der Waals surface area contributed by atoms with Gasteiger partial charge in [0.05, 0.1) is 0 Å². The van der Waals surface area contributed by atoms with Gasteiger partial charge in [-0.25, -0.2) is 0 Å². The van der Waals surface area contributed by atoms with Gasteiger partial charge in [-0.1, -0.05) is 103 Å². The molecule has 0 saturated heterocycles. The summed E-state index contributed by atoms with van der Waals surface area (Å²) in [7, 11) is 0. The number of hydrogen-bond acceptors (Lipinski definition) is 4. The van der Waals surface area contributed by atoms with Crippen LogP contribution in [0.25, 0.3) is 0 Å². The van der Waals surface area contributed by atoms with E-state index in [0.29, 0.717) is 25.7 Å². The number of hydrogen-bond donors (Lipinski definition) is 1. The van der Waals surface area contributed by atoms with E-state index in [1.807, 2.05) is 0 Å². The number of carbonyl (C=O) groups excluding carboxylic acids is 2. The minimum absolute atomic E-state index is 0. The second-order valence-electron chi connectivity index (χ2n) is 8.50. The summed E-state index contributed by atoms with van der Waals surface area (Å²) in [6, 6.07) is 0. The SMILES string of the molecule is CCCCCCCCCCCCCCCCCC(=O)OC(=O)CCCCCC(=O)O.[CaH2]. The summed E-state index contributed by atoms with van der Waals surface area (Å²) in [5, 5.41) is 8.54. The number of aliphatic carboxylic acids is 1. The van der Waals surface area contributed by atoms with Crippen LogP contribution in [0.5, 0.6) is 0 Å². The monoisotopic (exact) mass is 468 g/mol. The van der Waals surface area contributed by atoms with Gasteiger partial charge in [-0.15, -0.1) is 0 Å². The first-order chi connectivity index (χ1) is 14.6. The second kappa shape index (κ2) is 26.1. The Kier molecular flexibility index (Phi) is 27.8. The summed E-state index contributed by atoms with van der Waals surface area (Å²) in [5.41, 5.74) is 0. The van der Waals surface area contributed by atoms with Crippen molar-refractivity contribution in [1.29, 1.82) is 0 Å². The average molecular weight is 469 g/mol. The molecule has 0 fully saturated rings. The van der Waals surface area contributed by atoms with E-state index < -0.39 is 17.9 Å². The van der Waals surface area contributed by atoms with Crippen molar-refractivity contribution < 1.29 is 24.2 Å². The molecule has 0 saturated carbocycles. The van der Waals surface area contributed by atoms with Gasteiger partial charge in [-0.2, -0.15) is 0 Å². The Morgan fingerprint density at radius 2 is 0.806 bits per heavy atom. The normalized spacial score (nSPS) is 10.5. The molecule has 5 nitrogen and oxygen atoms in total. The summed E-state index contributed by atoms with van der Waals surface area (Å²) in [6.07, 6.45) is 21.6. The third-order valence-electron chi connectivity index (χ3n) is 5.48. The zero-order valence-corrected chi connectivity index (χ0v) is 19.4. The third kappa shape index (κ3) is 27.8. The predicted octanol–water partition coefficient (Wildman–Crippen LogP) is 6.44. The van der Waals surface area contributed by atoms with Gasteiger partial charge in [0.25, 0.3) is 0 Å². The topological polar surface area (TPSA) is 80.7 Å². The molecular weight excluding hydrogens is 420 g/mol. The van der Waals surface area contributed by atoms with E-state index in [4.69, 9.17) is 9.84 Å². The maximum absolute atomic E-state index is 11.6. The first-order valence-corrected chi connectivity index (χ1v) is 12.5. The van der Waals surface area contributed by atoms with E-state index in [0.717, 1.165) is 19.3 Å². The van der Waals surface area contributed by atoms with Gasteiger partial charge < -0.3 is 9.84 Å². The number of rotatable bonds is 22. The van der Waals surface area contributed by atoms with Crippen molar-refractivity contribution in [1.82, 2.24) is 0 Å². The number of ether oxygens (including phenoxy) is 1. The molecule has 0 aliphatic heterocycles. The summed E-state index contributed by atoms with van der Waals surface area (Å²) in [6.45, 7) is 2.26. The molecule has 0 rings (SSSR count). The van der Waals surface area contributed by atoms with Crippen LogP contribution in [-0.4, -0.2) is 60.8 Å². The molecule has 0 heterocycles. The Morgan fingerprint density at radius 1 is 0.516 bits per heavy atom. The summed E-state index contributed by atoms with van der Waals surface area (Å²) < 4.78 is 4.80. The van der Waals surface area contributed by atoms with E-state index in [1.54, 1.807) is 0 Å². The molecule has 180 valence electrons. The van der Waals surface area contributed by atoms with Gasteiger partial charge in [0, 0.05) is 19.3 Å². The summed E-state index contributed by atoms with van der Waals surface area (Å²) >= 11 is 0. The molecule has 0 amide bonds. The van der Waals surface area contributed by atoms with Gasteiger partial charge >= 0.3 is 55.6 Å². The van der Waals surface area contributed by atoms with Crippen LogP contribution in [0.3, 0.4) is 0 Å². The third-order valence-corrected chi connectivity index (χ3v) is 5.48. The predicted molar refractivity (Wildman–Crippen MR) is 130 cm³/mol. The van der Waals surface area contributed by atoms with Gasteiger partial charge in [-0.05, 0) is 19.3 Å². The van der Waals surface area contributed by atoms with Gasteiger partial charge in [0.15, 0.2) is 0 Å².